The minimum Gasteiger partial charge on any atom is -0.475 e. The standard InChI is InChI=1S/C21H34N6O3.C2HF3O2/c1-5-30-11-10-27-19(28)17-18(24(4)21(27)29)23-20(26(17)8-6-14(2)3)25-9-7-15-12-22-13-16(15)25;3-2(4,5)1(6)7/h14-16,22H,5-13H2,1-4H3;(H,6,7). The highest BCUT2D eigenvalue weighted by Gasteiger charge is 2.40. The lowest BCUT2D eigenvalue weighted by Crippen LogP contribution is -2.40. The van der Waals surface area contributed by atoms with Crippen LogP contribution in [0.4, 0.5) is 19.1 Å². The van der Waals surface area contributed by atoms with Crippen LogP contribution < -0.4 is 21.5 Å². The minimum absolute atomic E-state index is 0.248. The van der Waals surface area contributed by atoms with Crippen LogP contribution in [0.1, 0.15) is 33.6 Å². The highest BCUT2D eigenvalue weighted by atomic mass is 19.4. The van der Waals surface area contributed by atoms with E-state index in [9.17, 15) is 22.8 Å². The Bertz CT molecular complexity index is 1220. The molecule has 2 unspecified atom stereocenters. The molecule has 4 rings (SSSR count). The Kier molecular flexibility index (Phi) is 9.05. The first-order chi connectivity index (χ1) is 17.4. The van der Waals surface area contributed by atoms with E-state index in [4.69, 9.17) is 19.6 Å². The molecule has 0 spiro atoms. The van der Waals surface area contributed by atoms with Gasteiger partial charge in [0.05, 0.1) is 13.2 Å². The molecule has 11 nitrogen and oxygen atoms in total. The summed E-state index contributed by atoms with van der Waals surface area (Å²) in [6, 6.07) is 0.400. The summed E-state index contributed by atoms with van der Waals surface area (Å²) >= 11 is 0. The molecule has 0 aromatic carbocycles. The number of aryl methyl sites for hydroxylation is 2. The summed E-state index contributed by atoms with van der Waals surface area (Å²) in [4.78, 5) is 42.4. The van der Waals surface area contributed by atoms with E-state index in [0.29, 0.717) is 48.8 Å². The second kappa shape index (κ2) is 11.7. The number of alkyl halides is 3. The zero-order valence-corrected chi connectivity index (χ0v) is 21.5. The van der Waals surface area contributed by atoms with Crippen molar-refractivity contribution in [2.75, 3.05) is 37.7 Å². The van der Waals surface area contributed by atoms with E-state index in [-0.39, 0.29) is 17.8 Å². The Hall–Kier alpha value is -2.87. The topological polar surface area (TPSA) is 124 Å². The number of carbonyl (C=O) groups is 1. The van der Waals surface area contributed by atoms with Crippen molar-refractivity contribution in [3.63, 3.8) is 0 Å². The first-order valence-corrected chi connectivity index (χ1v) is 12.4. The van der Waals surface area contributed by atoms with Crippen LogP contribution >= 0.6 is 0 Å². The van der Waals surface area contributed by atoms with Crippen LogP contribution in [0.25, 0.3) is 11.2 Å². The number of aliphatic carboxylic acids is 1. The van der Waals surface area contributed by atoms with Crippen LogP contribution in [0.15, 0.2) is 9.59 Å². The quantitative estimate of drug-likeness (QED) is 0.490. The highest BCUT2D eigenvalue weighted by Crippen LogP contribution is 2.33. The third-order valence-corrected chi connectivity index (χ3v) is 6.75. The lowest BCUT2D eigenvalue weighted by molar-refractivity contribution is -0.192. The summed E-state index contributed by atoms with van der Waals surface area (Å²) in [6.07, 6.45) is -3.01. The van der Waals surface area contributed by atoms with E-state index in [1.54, 1.807) is 7.05 Å². The van der Waals surface area contributed by atoms with E-state index < -0.39 is 12.1 Å². The molecule has 2 aromatic rings. The fourth-order valence-corrected chi connectivity index (χ4v) is 4.77. The fraction of sp³-hybridized carbons (Fsp3) is 0.739. The third-order valence-electron chi connectivity index (χ3n) is 6.75. The largest absolute Gasteiger partial charge is 0.490 e. The molecular formula is C23H35F3N6O5. The van der Waals surface area contributed by atoms with Crippen LogP contribution in [0.3, 0.4) is 0 Å². The van der Waals surface area contributed by atoms with Gasteiger partial charge >= 0.3 is 17.8 Å². The number of aromatic nitrogens is 4. The lowest BCUT2D eigenvalue weighted by atomic mass is 10.1. The first kappa shape index (κ1) is 28.7. The van der Waals surface area contributed by atoms with Crippen LogP contribution in [0.5, 0.6) is 0 Å². The normalized spacial score (nSPS) is 19.4. The number of ether oxygens (including phenoxy) is 1. The molecule has 2 saturated heterocycles. The van der Waals surface area contributed by atoms with Crippen LogP contribution in [-0.2, 0) is 29.7 Å². The van der Waals surface area contributed by atoms with Gasteiger partial charge in [-0.25, -0.2) is 9.59 Å². The van der Waals surface area contributed by atoms with Crippen molar-refractivity contribution in [3.8, 4) is 0 Å². The molecule has 2 fully saturated rings. The molecule has 0 saturated carbocycles. The Morgan fingerprint density at radius 2 is 1.89 bits per heavy atom. The predicted octanol–water partition coefficient (Wildman–Crippen LogP) is 1.41. The van der Waals surface area contributed by atoms with Gasteiger partial charge in [0.1, 0.15) is 0 Å². The molecule has 208 valence electrons. The molecule has 37 heavy (non-hydrogen) atoms. The number of fused-ring (bicyclic) bond motifs is 2. The number of hydrogen-bond donors (Lipinski definition) is 2. The third kappa shape index (κ3) is 6.17. The zero-order chi connectivity index (χ0) is 27.5. The van der Waals surface area contributed by atoms with Gasteiger partial charge in [0, 0.05) is 45.9 Å². The molecule has 4 heterocycles. The maximum atomic E-state index is 13.4. The summed E-state index contributed by atoms with van der Waals surface area (Å²) in [6.45, 7) is 11.0. The number of nitrogens with one attached hydrogen (secondary N) is 1. The van der Waals surface area contributed by atoms with Crippen molar-refractivity contribution in [3.05, 3.63) is 20.8 Å². The molecule has 2 atom stereocenters. The Balaban J connectivity index is 0.000000479. The van der Waals surface area contributed by atoms with Gasteiger partial charge in [-0.1, -0.05) is 13.8 Å². The first-order valence-electron chi connectivity index (χ1n) is 12.4. The Morgan fingerprint density at radius 3 is 2.49 bits per heavy atom. The molecule has 0 bridgehead atoms. The maximum Gasteiger partial charge on any atom is 0.490 e. The molecule has 0 aliphatic carbocycles. The van der Waals surface area contributed by atoms with Gasteiger partial charge in [-0.15, -0.1) is 0 Å². The summed E-state index contributed by atoms with van der Waals surface area (Å²) < 4.78 is 42.0. The summed E-state index contributed by atoms with van der Waals surface area (Å²) in [5.74, 6) is -0.804. The number of carboxylic acid groups (broad SMARTS) is 1. The number of nitrogens with zero attached hydrogens (tertiary/aromatic N) is 5. The van der Waals surface area contributed by atoms with E-state index in [1.807, 2.05) is 6.92 Å². The minimum atomic E-state index is -5.08. The number of hydrogen-bond acceptors (Lipinski definition) is 7. The zero-order valence-electron chi connectivity index (χ0n) is 21.5. The Morgan fingerprint density at radius 1 is 1.22 bits per heavy atom. The van der Waals surface area contributed by atoms with E-state index in [0.717, 1.165) is 38.4 Å². The van der Waals surface area contributed by atoms with E-state index in [1.165, 1.54) is 9.13 Å². The molecule has 2 aromatic heterocycles. The van der Waals surface area contributed by atoms with Gasteiger partial charge < -0.3 is 24.6 Å². The van der Waals surface area contributed by atoms with Crippen molar-refractivity contribution < 1.29 is 27.8 Å². The average Bonchev–Trinajstić information content (AvgIpc) is 3.52. The predicted molar refractivity (Wildman–Crippen MR) is 131 cm³/mol. The molecule has 0 amide bonds. The molecule has 2 aliphatic rings. The summed E-state index contributed by atoms with van der Waals surface area (Å²) in [5.41, 5.74) is 0.397. The van der Waals surface area contributed by atoms with Crippen molar-refractivity contribution >= 4 is 23.1 Å². The van der Waals surface area contributed by atoms with Gasteiger partial charge in [-0.2, -0.15) is 18.2 Å². The second-order valence-corrected chi connectivity index (χ2v) is 9.68. The smallest absolute Gasteiger partial charge is 0.475 e. The average molecular weight is 533 g/mol. The van der Waals surface area contributed by atoms with Gasteiger partial charge in [0.2, 0.25) is 5.95 Å². The molecule has 0 radical (unpaired) electrons. The summed E-state index contributed by atoms with van der Waals surface area (Å²) in [5, 5.41) is 10.6. The fourth-order valence-electron chi connectivity index (χ4n) is 4.77. The maximum absolute atomic E-state index is 13.4. The van der Waals surface area contributed by atoms with E-state index in [2.05, 4.69) is 28.6 Å². The monoisotopic (exact) mass is 532 g/mol. The SMILES string of the molecule is CCOCCn1c(=O)c2c(nc(N3CCC4CNCC43)n2CCC(C)C)n(C)c1=O.O=C(O)C(F)(F)F. The molecular weight excluding hydrogens is 497 g/mol. The number of imidazole rings is 1. The van der Waals surface area contributed by atoms with Crippen LogP contribution in [0, 0.1) is 11.8 Å². The van der Waals surface area contributed by atoms with Gasteiger partial charge in [-0.05, 0) is 31.6 Å². The number of anilines is 1. The van der Waals surface area contributed by atoms with Crippen LogP contribution in [0.2, 0.25) is 0 Å². The van der Waals surface area contributed by atoms with Crippen LogP contribution in [-0.4, -0.2) is 74.8 Å². The van der Waals surface area contributed by atoms with Gasteiger partial charge in [-0.3, -0.25) is 13.9 Å². The number of carboxylic acids is 1. The van der Waals surface area contributed by atoms with Gasteiger partial charge in [0.25, 0.3) is 5.56 Å². The highest BCUT2D eigenvalue weighted by molar-refractivity contribution is 5.75. The van der Waals surface area contributed by atoms with Crippen molar-refractivity contribution in [1.29, 1.82) is 0 Å². The lowest BCUT2D eigenvalue weighted by Gasteiger charge is -2.25. The molecule has 14 heteroatoms. The second-order valence-electron chi connectivity index (χ2n) is 9.68. The van der Waals surface area contributed by atoms with E-state index >= 15 is 0 Å². The van der Waals surface area contributed by atoms with Crippen molar-refractivity contribution in [2.45, 2.75) is 58.9 Å². The number of rotatable bonds is 8. The molecule has 2 N–H and O–H groups in total. The molecule has 2 aliphatic heterocycles. The summed E-state index contributed by atoms with van der Waals surface area (Å²) in [7, 11) is 1.70. The van der Waals surface area contributed by atoms with Crippen molar-refractivity contribution in [2.24, 2.45) is 18.9 Å². The van der Waals surface area contributed by atoms with Gasteiger partial charge in [0.15, 0.2) is 11.2 Å². The number of halogens is 3. The van der Waals surface area contributed by atoms with Crippen molar-refractivity contribution in [1.82, 2.24) is 24.0 Å². The Labute approximate surface area is 211 Å².